The Labute approximate surface area is 122 Å². The second-order valence-corrected chi connectivity index (χ2v) is 6.18. The molecule has 3 nitrogen and oxygen atoms in total. The number of fused-ring (bicyclic) bond motifs is 1. The van der Waals surface area contributed by atoms with Crippen LogP contribution in [0, 0.1) is 0 Å². The van der Waals surface area contributed by atoms with Gasteiger partial charge in [0, 0.05) is 18.0 Å². The van der Waals surface area contributed by atoms with E-state index in [1.165, 1.54) is 5.56 Å². The number of para-hydroxylation sites is 1. The molecule has 2 rings (SSSR count). The molecule has 2 atom stereocenters. The summed E-state index contributed by atoms with van der Waals surface area (Å²) in [6.45, 7) is 11.6. The lowest BCUT2D eigenvalue weighted by Crippen LogP contribution is -2.40. The molecule has 1 aromatic carbocycles. The van der Waals surface area contributed by atoms with E-state index in [1.807, 2.05) is 6.07 Å². The average molecular weight is 277 g/mol. The normalized spacial score (nSPS) is 19.1. The van der Waals surface area contributed by atoms with Crippen LogP contribution in [0.4, 0.5) is 0 Å². The van der Waals surface area contributed by atoms with Gasteiger partial charge in [-0.05, 0) is 39.8 Å². The molecule has 1 aliphatic rings. The van der Waals surface area contributed by atoms with Gasteiger partial charge in [0.15, 0.2) is 11.5 Å². The van der Waals surface area contributed by atoms with Crippen molar-refractivity contribution in [2.24, 2.45) is 0 Å². The fourth-order valence-corrected chi connectivity index (χ4v) is 2.87. The number of likely N-dealkylation sites (N-methyl/N-ethyl adjacent to an activating group) is 1. The number of nitrogens with one attached hydrogen (secondary N) is 1. The fraction of sp³-hybridized carbons (Fsp3) is 0.647. The zero-order chi connectivity index (χ0) is 14.8. The van der Waals surface area contributed by atoms with Gasteiger partial charge in [-0.15, -0.1) is 0 Å². The van der Waals surface area contributed by atoms with Crippen molar-refractivity contribution in [3.05, 3.63) is 23.8 Å². The van der Waals surface area contributed by atoms with E-state index in [1.54, 1.807) is 0 Å². The Morgan fingerprint density at radius 1 is 1.35 bits per heavy atom. The van der Waals surface area contributed by atoms with Crippen molar-refractivity contribution >= 4 is 0 Å². The van der Waals surface area contributed by atoms with Gasteiger partial charge in [-0.25, -0.2) is 0 Å². The van der Waals surface area contributed by atoms with Gasteiger partial charge in [-0.3, -0.25) is 0 Å². The van der Waals surface area contributed by atoms with E-state index in [0.717, 1.165) is 30.9 Å². The average Bonchev–Trinajstić information content (AvgIpc) is 2.71. The quantitative estimate of drug-likeness (QED) is 0.862. The smallest absolute Gasteiger partial charge is 0.165 e. The van der Waals surface area contributed by atoms with Crippen LogP contribution in [-0.4, -0.2) is 24.3 Å². The Bertz CT molecular complexity index is 456. The Morgan fingerprint density at radius 2 is 2.10 bits per heavy atom. The van der Waals surface area contributed by atoms with E-state index in [9.17, 15) is 0 Å². The standard InChI is InChI=1S/C17H27NO2/c1-6-14(18-7-2)12(3)19-15-10-8-9-13-11-17(4,5)20-16(13)15/h8-10,12,14,18H,6-7,11H2,1-5H3. The molecule has 0 aliphatic carbocycles. The summed E-state index contributed by atoms with van der Waals surface area (Å²) in [5, 5.41) is 3.47. The van der Waals surface area contributed by atoms with Crippen LogP contribution in [0.25, 0.3) is 0 Å². The minimum absolute atomic E-state index is 0.124. The maximum atomic E-state index is 6.17. The van der Waals surface area contributed by atoms with Crippen LogP contribution in [0.2, 0.25) is 0 Å². The van der Waals surface area contributed by atoms with Crippen molar-refractivity contribution in [3.8, 4) is 11.5 Å². The first-order valence-electron chi connectivity index (χ1n) is 7.67. The lowest BCUT2D eigenvalue weighted by molar-refractivity contribution is 0.119. The van der Waals surface area contributed by atoms with Gasteiger partial charge in [0.2, 0.25) is 0 Å². The maximum absolute atomic E-state index is 6.17. The van der Waals surface area contributed by atoms with Crippen LogP contribution in [0.5, 0.6) is 11.5 Å². The van der Waals surface area contributed by atoms with Crippen LogP contribution in [0.15, 0.2) is 18.2 Å². The summed E-state index contributed by atoms with van der Waals surface area (Å²) < 4.78 is 12.2. The molecular formula is C17H27NO2. The Kier molecular flexibility index (Phi) is 4.59. The van der Waals surface area contributed by atoms with E-state index in [4.69, 9.17) is 9.47 Å². The molecular weight excluding hydrogens is 250 g/mol. The number of rotatable bonds is 6. The lowest BCUT2D eigenvalue weighted by Gasteiger charge is -2.26. The zero-order valence-corrected chi connectivity index (χ0v) is 13.3. The second kappa shape index (κ2) is 6.04. The highest BCUT2D eigenvalue weighted by molar-refractivity contribution is 5.50. The molecule has 0 saturated heterocycles. The predicted octanol–water partition coefficient (Wildman–Crippen LogP) is 3.56. The number of benzene rings is 1. The Morgan fingerprint density at radius 3 is 2.75 bits per heavy atom. The topological polar surface area (TPSA) is 30.5 Å². The molecule has 0 aromatic heterocycles. The summed E-state index contributed by atoms with van der Waals surface area (Å²) in [7, 11) is 0. The van der Waals surface area contributed by atoms with E-state index < -0.39 is 0 Å². The molecule has 0 saturated carbocycles. The molecule has 0 amide bonds. The van der Waals surface area contributed by atoms with Gasteiger partial charge in [0.1, 0.15) is 11.7 Å². The van der Waals surface area contributed by atoms with Gasteiger partial charge in [-0.2, -0.15) is 0 Å². The Hall–Kier alpha value is -1.22. The third-order valence-electron chi connectivity index (χ3n) is 3.84. The molecule has 1 aromatic rings. The van der Waals surface area contributed by atoms with Crippen LogP contribution in [0.1, 0.15) is 46.6 Å². The van der Waals surface area contributed by atoms with E-state index in [2.05, 4.69) is 52.1 Å². The van der Waals surface area contributed by atoms with Crippen molar-refractivity contribution in [2.75, 3.05) is 6.54 Å². The van der Waals surface area contributed by atoms with Gasteiger partial charge in [0.25, 0.3) is 0 Å². The first-order chi connectivity index (χ1) is 9.46. The van der Waals surface area contributed by atoms with Gasteiger partial charge >= 0.3 is 0 Å². The van der Waals surface area contributed by atoms with Crippen molar-refractivity contribution in [2.45, 2.75) is 65.2 Å². The summed E-state index contributed by atoms with van der Waals surface area (Å²) in [5.74, 6) is 1.80. The van der Waals surface area contributed by atoms with Crippen LogP contribution < -0.4 is 14.8 Å². The van der Waals surface area contributed by atoms with E-state index >= 15 is 0 Å². The highest BCUT2D eigenvalue weighted by Gasteiger charge is 2.32. The number of hydrogen-bond donors (Lipinski definition) is 1. The summed E-state index contributed by atoms with van der Waals surface area (Å²) in [5.41, 5.74) is 1.12. The maximum Gasteiger partial charge on any atom is 0.165 e. The monoisotopic (exact) mass is 277 g/mol. The summed E-state index contributed by atoms with van der Waals surface area (Å²) in [6.07, 6.45) is 2.12. The molecule has 0 fully saturated rings. The number of hydrogen-bond acceptors (Lipinski definition) is 3. The van der Waals surface area contributed by atoms with Crippen molar-refractivity contribution in [1.82, 2.24) is 5.32 Å². The van der Waals surface area contributed by atoms with Gasteiger partial charge in [-0.1, -0.05) is 26.0 Å². The SMILES string of the molecule is CCNC(CC)C(C)Oc1cccc2c1OC(C)(C)C2. The first kappa shape index (κ1) is 15.2. The largest absolute Gasteiger partial charge is 0.485 e. The molecule has 0 radical (unpaired) electrons. The van der Waals surface area contributed by atoms with Crippen molar-refractivity contribution < 1.29 is 9.47 Å². The fourth-order valence-electron chi connectivity index (χ4n) is 2.87. The predicted molar refractivity (Wildman–Crippen MR) is 82.7 cm³/mol. The summed E-state index contributed by atoms with van der Waals surface area (Å²) in [4.78, 5) is 0. The second-order valence-electron chi connectivity index (χ2n) is 6.18. The molecule has 1 heterocycles. The van der Waals surface area contributed by atoms with Crippen LogP contribution in [-0.2, 0) is 6.42 Å². The van der Waals surface area contributed by atoms with Crippen molar-refractivity contribution in [3.63, 3.8) is 0 Å². The molecule has 20 heavy (non-hydrogen) atoms. The molecule has 112 valence electrons. The number of ether oxygens (including phenoxy) is 2. The molecule has 1 aliphatic heterocycles. The van der Waals surface area contributed by atoms with Crippen LogP contribution >= 0.6 is 0 Å². The molecule has 2 unspecified atom stereocenters. The third-order valence-corrected chi connectivity index (χ3v) is 3.84. The first-order valence-corrected chi connectivity index (χ1v) is 7.67. The molecule has 0 spiro atoms. The molecule has 0 bridgehead atoms. The highest BCUT2D eigenvalue weighted by Crippen LogP contribution is 2.42. The van der Waals surface area contributed by atoms with E-state index in [-0.39, 0.29) is 11.7 Å². The lowest BCUT2D eigenvalue weighted by atomic mass is 10.0. The van der Waals surface area contributed by atoms with Gasteiger partial charge < -0.3 is 14.8 Å². The van der Waals surface area contributed by atoms with E-state index in [0.29, 0.717) is 6.04 Å². The molecule has 3 heteroatoms. The van der Waals surface area contributed by atoms with Crippen LogP contribution in [0.3, 0.4) is 0 Å². The minimum Gasteiger partial charge on any atom is -0.485 e. The highest BCUT2D eigenvalue weighted by atomic mass is 16.5. The summed E-state index contributed by atoms with van der Waals surface area (Å²) >= 11 is 0. The van der Waals surface area contributed by atoms with Gasteiger partial charge in [0.05, 0.1) is 0 Å². The summed E-state index contributed by atoms with van der Waals surface area (Å²) in [6, 6.07) is 6.56. The zero-order valence-electron chi connectivity index (χ0n) is 13.3. The van der Waals surface area contributed by atoms with Crippen molar-refractivity contribution in [1.29, 1.82) is 0 Å². The third kappa shape index (κ3) is 3.26. The molecule has 1 N–H and O–H groups in total. The minimum atomic E-state index is -0.128. The Balaban J connectivity index is 2.14.